The van der Waals surface area contributed by atoms with Gasteiger partial charge in [0.2, 0.25) is 23.7 Å². The highest BCUT2D eigenvalue weighted by molar-refractivity contribution is 9.10. The molecule has 16 nitrogen and oxygen atoms in total. The van der Waals surface area contributed by atoms with E-state index in [1.54, 1.807) is 40.2 Å². The van der Waals surface area contributed by atoms with Gasteiger partial charge in [0.15, 0.2) is 0 Å². The third-order valence-electron chi connectivity index (χ3n) is 10.9. The fraction of sp³-hybridized carbons (Fsp3) is 0.440. The van der Waals surface area contributed by atoms with E-state index in [-0.39, 0.29) is 11.8 Å². The Balaban J connectivity index is 0.000000204. The van der Waals surface area contributed by atoms with Crippen molar-refractivity contribution in [1.29, 1.82) is 0 Å². The Morgan fingerprint density at radius 2 is 1.15 bits per heavy atom. The number of carbonyl (C=O) groups excluding carboxylic acids is 2. The number of aromatic nitrogens is 8. The van der Waals surface area contributed by atoms with Crippen molar-refractivity contribution >= 4 is 62.6 Å². The summed E-state index contributed by atoms with van der Waals surface area (Å²) in [6.45, 7) is 25.0. The molecule has 364 valence electrons. The van der Waals surface area contributed by atoms with Gasteiger partial charge in [-0.05, 0) is 78.3 Å². The molecule has 8 rings (SSSR count). The highest BCUT2D eigenvalue weighted by Crippen LogP contribution is 2.24. The predicted molar refractivity (Wildman–Crippen MR) is 276 cm³/mol. The summed E-state index contributed by atoms with van der Waals surface area (Å²) in [5.41, 5.74) is 8.33. The highest BCUT2D eigenvalue weighted by Gasteiger charge is 2.26. The Kier molecular flexibility index (Phi) is 20.4. The molecule has 68 heavy (non-hydrogen) atoms. The van der Waals surface area contributed by atoms with E-state index in [2.05, 4.69) is 138 Å². The minimum atomic E-state index is 0.210. The van der Waals surface area contributed by atoms with E-state index >= 15 is 0 Å². The number of nitrogens with zero attached hydrogens (tertiary/aromatic N) is 12. The number of amides is 2. The first-order chi connectivity index (χ1) is 32.6. The van der Waals surface area contributed by atoms with E-state index in [9.17, 15) is 9.59 Å². The van der Waals surface area contributed by atoms with Gasteiger partial charge in [0.25, 0.3) is 0 Å². The molecular weight excluding hydrogens is 944 g/mol. The van der Waals surface area contributed by atoms with Crippen LogP contribution in [0.3, 0.4) is 0 Å². The molecule has 18 heteroatoms. The molecule has 0 unspecified atom stereocenters. The van der Waals surface area contributed by atoms with E-state index in [0.29, 0.717) is 48.5 Å². The number of aryl methyl sites for hydroxylation is 4. The monoisotopic (exact) mass is 1010 g/mol. The lowest BCUT2D eigenvalue weighted by molar-refractivity contribution is -0.137. The summed E-state index contributed by atoms with van der Waals surface area (Å²) >= 11 is 9.18. The van der Waals surface area contributed by atoms with Crippen molar-refractivity contribution in [3.8, 4) is 11.3 Å². The van der Waals surface area contributed by atoms with Gasteiger partial charge in [-0.15, -0.1) is 0 Å². The molecule has 6 heterocycles. The summed E-state index contributed by atoms with van der Waals surface area (Å²) in [5.74, 6) is 2.64. The van der Waals surface area contributed by atoms with Gasteiger partial charge >= 0.3 is 0 Å². The quantitative estimate of drug-likeness (QED) is 0.106. The average Bonchev–Trinajstić information content (AvgIpc) is 3.90. The highest BCUT2D eigenvalue weighted by atomic mass is 79.9. The summed E-state index contributed by atoms with van der Waals surface area (Å²) in [6, 6.07) is 16.1. The minimum Gasteiger partial charge on any atom is -0.336 e. The lowest BCUT2D eigenvalue weighted by Gasteiger charge is -2.35. The van der Waals surface area contributed by atoms with Gasteiger partial charge < -0.3 is 20.4 Å². The molecule has 2 N–H and O–H groups in total. The van der Waals surface area contributed by atoms with Crippen molar-refractivity contribution in [3.05, 3.63) is 118 Å². The topological polar surface area (TPSA) is 158 Å². The number of benzene rings is 2. The minimum absolute atomic E-state index is 0.210. The lowest BCUT2D eigenvalue weighted by Crippen LogP contribution is -2.50. The second-order valence-electron chi connectivity index (χ2n) is 17.6. The smallest absolute Gasteiger partial charge is 0.237 e. The van der Waals surface area contributed by atoms with Crippen molar-refractivity contribution in [2.45, 2.75) is 68.5 Å². The molecule has 6 aromatic rings. The van der Waals surface area contributed by atoms with Crippen LogP contribution in [0.15, 0.2) is 90.2 Å². The van der Waals surface area contributed by atoms with Crippen molar-refractivity contribution in [1.82, 2.24) is 59.1 Å². The van der Waals surface area contributed by atoms with Crippen LogP contribution < -0.4 is 10.6 Å². The number of halogens is 2. The summed E-state index contributed by atoms with van der Waals surface area (Å²) in [5, 5.41) is 14.7. The second-order valence-corrected chi connectivity index (χ2v) is 18.9. The predicted octanol–water partition coefficient (Wildman–Crippen LogP) is 8.92. The standard InChI is InChI=1S/C24H31N7O.C16H23BrN2O.C8H8ClN5.C2H6/c1-17(2)13-30-9-10-31(23(32)16-30)14-20-6-5-19(11-18(20)3)22-7-8-25-24(28-22)27-21-12-26-29(4)15-21;1-12(2)9-18-6-7-19(16(20)11-18)10-14-4-5-15(17)8-13(14)3;1-14-5-6(4-11-14)12-8-10-3-2-7(9)13-8;1-2/h5-8,11-12,15,17H,9-10,13-14,16H2,1-4H3,(H,25,27,28);4-5,8,12H,6-7,9-11H2,1-3H3;2-5H,1H3,(H,10,12,13);1-2H3. The maximum atomic E-state index is 12.6. The summed E-state index contributed by atoms with van der Waals surface area (Å²) in [6.07, 6.45) is 10.5. The summed E-state index contributed by atoms with van der Waals surface area (Å²) < 4.78 is 4.50. The molecule has 2 fully saturated rings. The third kappa shape index (κ3) is 16.8. The Morgan fingerprint density at radius 1 is 0.662 bits per heavy atom. The van der Waals surface area contributed by atoms with Crippen LogP contribution in [-0.4, -0.2) is 123 Å². The molecule has 0 bridgehead atoms. The van der Waals surface area contributed by atoms with Crippen LogP contribution >= 0.6 is 27.5 Å². The van der Waals surface area contributed by atoms with E-state index in [1.807, 2.05) is 62.3 Å². The molecule has 4 aromatic heterocycles. The van der Waals surface area contributed by atoms with Crippen LogP contribution in [0.5, 0.6) is 0 Å². The molecule has 0 atom stereocenters. The molecule has 0 saturated carbocycles. The molecule has 2 aliphatic rings. The Morgan fingerprint density at radius 3 is 1.59 bits per heavy atom. The van der Waals surface area contributed by atoms with Crippen LogP contribution in [0.4, 0.5) is 23.3 Å². The molecule has 0 aliphatic carbocycles. The van der Waals surface area contributed by atoms with Gasteiger partial charge in [-0.2, -0.15) is 10.2 Å². The van der Waals surface area contributed by atoms with Gasteiger partial charge in [-0.3, -0.25) is 28.8 Å². The van der Waals surface area contributed by atoms with Crippen molar-refractivity contribution in [3.63, 3.8) is 0 Å². The normalized spacial score (nSPS) is 14.2. The molecule has 2 aromatic carbocycles. The summed E-state index contributed by atoms with van der Waals surface area (Å²) in [7, 11) is 3.70. The van der Waals surface area contributed by atoms with Crippen molar-refractivity contribution < 1.29 is 9.59 Å². The number of piperazine rings is 2. The maximum Gasteiger partial charge on any atom is 0.237 e. The summed E-state index contributed by atoms with van der Waals surface area (Å²) in [4.78, 5) is 50.3. The van der Waals surface area contributed by atoms with Crippen LogP contribution in [0.25, 0.3) is 11.3 Å². The van der Waals surface area contributed by atoms with Crippen LogP contribution in [0.1, 0.15) is 63.8 Å². The average molecular weight is 1010 g/mol. The zero-order valence-corrected chi connectivity index (χ0v) is 43.6. The number of nitrogens with one attached hydrogen (secondary N) is 2. The van der Waals surface area contributed by atoms with Crippen LogP contribution in [0.2, 0.25) is 5.15 Å². The SMILES string of the molecule is CC.Cc1cc(-c2ccnc(Nc3cnn(C)c3)n2)ccc1CN1CCN(CC(C)C)CC1=O.Cc1cc(Br)ccc1CN1CCN(CC(C)C)CC1=O.Cn1cc(Nc2nccc(Cl)n2)cn1. The third-order valence-corrected chi connectivity index (χ3v) is 11.6. The fourth-order valence-electron chi connectivity index (χ4n) is 7.68. The van der Waals surface area contributed by atoms with E-state index in [4.69, 9.17) is 11.6 Å². The first-order valence-electron chi connectivity index (χ1n) is 23.2. The van der Waals surface area contributed by atoms with Gasteiger partial charge in [0, 0.05) is 101 Å². The van der Waals surface area contributed by atoms with E-state index in [1.165, 1.54) is 16.7 Å². The molecule has 2 aliphatic heterocycles. The maximum absolute atomic E-state index is 12.6. The molecule has 2 saturated heterocycles. The van der Waals surface area contributed by atoms with Gasteiger partial charge in [-0.25, -0.2) is 19.9 Å². The largest absolute Gasteiger partial charge is 0.336 e. The number of anilines is 4. The van der Waals surface area contributed by atoms with Crippen LogP contribution in [-0.2, 0) is 36.8 Å². The van der Waals surface area contributed by atoms with E-state index < -0.39 is 0 Å². The fourth-order valence-corrected chi connectivity index (χ4v) is 8.29. The Labute approximate surface area is 415 Å². The Bertz CT molecular complexity index is 2550. The van der Waals surface area contributed by atoms with Crippen molar-refractivity contribution in [2.24, 2.45) is 25.9 Å². The zero-order chi connectivity index (χ0) is 49.3. The lowest BCUT2D eigenvalue weighted by atomic mass is 10.0. The second kappa shape index (κ2) is 26.1. The number of carbonyl (C=O) groups is 2. The molecule has 2 amide bonds. The number of rotatable bonds is 13. The molecule has 0 radical (unpaired) electrons. The number of hydrogen-bond donors (Lipinski definition) is 2. The molecule has 0 spiro atoms. The van der Waals surface area contributed by atoms with E-state index in [0.717, 1.165) is 78.5 Å². The van der Waals surface area contributed by atoms with Gasteiger partial charge in [0.05, 0.1) is 42.6 Å². The van der Waals surface area contributed by atoms with Crippen molar-refractivity contribution in [2.75, 3.05) is 63.0 Å². The Hall–Kier alpha value is -5.75. The number of hydrogen-bond acceptors (Lipinski definition) is 12. The van der Waals surface area contributed by atoms with Gasteiger partial charge in [-0.1, -0.05) is 87.3 Å². The van der Waals surface area contributed by atoms with Crippen LogP contribution in [0, 0.1) is 25.7 Å². The van der Waals surface area contributed by atoms with Gasteiger partial charge in [0.1, 0.15) is 5.15 Å². The first-order valence-corrected chi connectivity index (χ1v) is 24.4. The molecular formula is C50H68BrClN14O2. The first kappa shape index (κ1) is 53.2. The zero-order valence-electron chi connectivity index (χ0n) is 41.2.